The fourth-order valence-corrected chi connectivity index (χ4v) is 0.801. The lowest BCUT2D eigenvalue weighted by Crippen LogP contribution is -2.24. The van der Waals surface area contributed by atoms with E-state index < -0.39 is 10.4 Å². The average Bonchev–Trinajstić information content (AvgIpc) is 1.95. The van der Waals surface area contributed by atoms with Crippen molar-refractivity contribution in [3.63, 3.8) is 0 Å². The summed E-state index contributed by atoms with van der Waals surface area (Å²) >= 11 is 4.63. The summed E-state index contributed by atoms with van der Waals surface area (Å²) in [6.07, 6.45) is 2.66. The smallest absolute Gasteiger partial charge is 0.262 e. The van der Waals surface area contributed by atoms with Gasteiger partial charge in [-0.3, -0.25) is 4.55 Å². The molecule has 7 heteroatoms. The minimum atomic E-state index is -4.47. The van der Waals surface area contributed by atoms with E-state index in [0.717, 1.165) is 0 Å². The van der Waals surface area contributed by atoms with E-state index in [4.69, 9.17) is 4.55 Å². The average molecular weight is 211 g/mol. The molecule has 0 heterocycles. The predicted molar refractivity (Wildman–Crippen MR) is 47.8 cm³/mol. The fraction of sp³-hybridized carbons (Fsp3) is 0.400. The third-order valence-corrected chi connectivity index (χ3v) is 1.42. The topological polar surface area (TPSA) is 75.6 Å². The third kappa shape index (κ3) is 7.61. The maximum atomic E-state index is 10.0. The summed E-state index contributed by atoms with van der Waals surface area (Å²) in [5.74, 6) is 0. The van der Waals surface area contributed by atoms with E-state index in [1.807, 2.05) is 5.48 Å². The number of rotatable bonds is 5. The van der Waals surface area contributed by atoms with E-state index in [2.05, 4.69) is 23.1 Å². The summed E-state index contributed by atoms with van der Waals surface area (Å²) < 4.78 is 31.9. The molecule has 70 valence electrons. The van der Waals surface area contributed by atoms with Gasteiger partial charge in [0.05, 0.1) is 0 Å². The summed E-state index contributed by atoms with van der Waals surface area (Å²) in [6.45, 7) is 3.45. The Morgan fingerprint density at radius 1 is 1.75 bits per heavy atom. The van der Waals surface area contributed by atoms with Crippen LogP contribution in [0.25, 0.3) is 0 Å². The molecule has 0 atom stereocenters. The van der Waals surface area contributed by atoms with Crippen LogP contribution in [0.2, 0.25) is 0 Å². The van der Waals surface area contributed by atoms with Crippen molar-refractivity contribution in [1.82, 2.24) is 5.48 Å². The van der Waals surface area contributed by atoms with Crippen LogP contribution in [0.4, 0.5) is 0 Å². The number of allylic oxidation sites excluding steroid dienone is 1. The van der Waals surface area contributed by atoms with E-state index in [0.29, 0.717) is 12.8 Å². The lowest BCUT2D eigenvalue weighted by molar-refractivity contribution is 0.227. The Bertz CT molecular complexity index is 259. The lowest BCUT2D eigenvalue weighted by Gasteiger charge is -2.02. The van der Waals surface area contributed by atoms with Crippen molar-refractivity contribution < 1.29 is 17.3 Å². The number of hydroxylamine groups is 1. The molecule has 0 aromatic carbocycles. The van der Waals surface area contributed by atoms with Crippen molar-refractivity contribution >= 4 is 27.6 Å². The maximum absolute atomic E-state index is 10.0. The van der Waals surface area contributed by atoms with Gasteiger partial charge in [0.2, 0.25) is 0 Å². The van der Waals surface area contributed by atoms with E-state index >= 15 is 0 Å². The maximum Gasteiger partial charge on any atom is 0.418 e. The highest BCUT2D eigenvalue weighted by Gasteiger charge is 2.04. The number of nitrogens with one attached hydrogen (secondary N) is 1. The molecule has 5 nitrogen and oxygen atoms in total. The summed E-state index contributed by atoms with van der Waals surface area (Å²) in [4.78, 5) is 0.188. The Hall–Kier alpha value is -0.500. The molecule has 0 aromatic rings. The first-order valence-electron chi connectivity index (χ1n) is 3.01. The van der Waals surface area contributed by atoms with Gasteiger partial charge in [-0.2, -0.15) is 8.42 Å². The van der Waals surface area contributed by atoms with Crippen LogP contribution in [0.15, 0.2) is 12.7 Å². The minimum Gasteiger partial charge on any atom is -0.262 e. The monoisotopic (exact) mass is 211 g/mol. The molecular weight excluding hydrogens is 202 g/mol. The van der Waals surface area contributed by atoms with Crippen molar-refractivity contribution in [2.75, 3.05) is 0 Å². The van der Waals surface area contributed by atoms with Gasteiger partial charge in [0.1, 0.15) is 4.99 Å². The number of hydrogen-bond donors (Lipinski definition) is 2. The zero-order chi connectivity index (χ0) is 9.61. The predicted octanol–water partition coefficient (Wildman–Crippen LogP) is 0.604. The lowest BCUT2D eigenvalue weighted by atomic mass is 10.3. The van der Waals surface area contributed by atoms with Gasteiger partial charge >= 0.3 is 10.4 Å². The highest BCUT2D eigenvalue weighted by atomic mass is 32.3. The number of thiocarbonyl (C=S) groups is 1. The molecule has 0 fully saturated rings. The van der Waals surface area contributed by atoms with Crippen molar-refractivity contribution in [2.45, 2.75) is 12.8 Å². The molecule has 12 heavy (non-hydrogen) atoms. The van der Waals surface area contributed by atoms with Crippen LogP contribution in [0.1, 0.15) is 12.8 Å². The van der Waals surface area contributed by atoms with E-state index in [-0.39, 0.29) is 4.99 Å². The Kier molecular flexibility index (Phi) is 4.98. The van der Waals surface area contributed by atoms with Gasteiger partial charge in [-0.25, -0.2) is 5.48 Å². The van der Waals surface area contributed by atoms with Gasteiger partial charge in [-0.1, -0.05) is 18.3 Å². The highest BCUT2D eigenvalue weighted by Crippen LogP contribution is 1.92. The third-order valence-electron chi connectivity index (χ3n) is 0.836. The molecule has 0 radical (unpaired) electrons. The molecule has 0 aliphatic heterocycles. The quantitative estimate of drug-likeness (QED) is 0.300. The van der Waals surface area contributed by atoms with Crippen LogP contribution >= 0.6 is 12.2 Å². The molecule has 2 N–H and O–H groups in total. The van der Waals surface area contributed by atoms with Gasteiger partial charge in [0, 0.05) is 6.42 Å². The first kappa shape index (κ1) is 11.5. The summed E-state index contributed by atoms with van der Waals surface area (Å²) in [5.41, 5.74) is 1.90. The molecule has 0 saturated carbocycles. The van der Waals surface area contributed by atoms with Gasteiger partial charge in [-0.15, -0.1) is 10.9 Å². The summed E-state index contributed by atoms with van der Waals surface area (Å²) in [6, 6.07) is 0. The van der Waals surface area contributed by atoms with Crippen molar-refractivity contribution in [1.29, 1.82) is 0 Å². The van der Waals surface area contributed by atoms with Crippen LogP contribution < -0.4 is 5.48 Å². The van der Waals surface area contributed by atoms with Crippen LogP contribution in [-0.4, -0.2) is 18.0 Å². The Labute approximate surface area is 76.3 Å². The summed E-state index contributed by atoms with van der Waals surface area (Å²) in [5, 5.41) is 0. The minimum absolute atomic E-state index is 0.188. The molecule has 0 aliphatic carbocycles. The molecule has 0 amide bonds. The van der Waals surface area contributed by atoms with E-state index in [1.165, 1.54) is 0 Å². The second kappa shape index (κ2) is 5.20. The Morgan fingerprint density at radius 2 is 2.33 bits per heavy atom. The first-order chi connectivity index (χ1) is 5.45. The highest BCUT2D eigenvalue weighted by molar-refractivity contribution is 7.81. The zero-order valence-corrected chi connectivity index (χ0v) is 7.82. The Balaban J connectivity index is 3.65. The van der Waals surface area contributed by atoms with Crippen LogP contribution in [0.3, 0.4) is 0 Å². The molecular formula is C5H9NO4S2. The van der Waals surface area contributed by atoms with Gasteiger partial charge in [0.25, 0.3) is 0 Å². The molecule has 0 aliphatic rings. The molecule has 0 bridgehead atoms. The van der Waals surface area contributed by atoms with Crippen molar-refractivity contribution in [3.8, 4) is 0 Å². The van der Waals surface area contributed by atoms with Gasteiger partial charge in [0.15, 0.2) is 0 Å². The van der Waals surface area contributed by atoms with E-state index in [9.17, 15) is 8.42 Å². The van der Waals surface area contributed by atoms with Crippen molar-refractivity contribution in [2.24, 2.45) is 0 Å². The van der Waals surface area contributed by atoms with Crippen LogP contribution in [0.5, 0.6) is 0 Å². The molecule has 0 aromatic heterocycles. The van der Waals surface area contributed by atoms with Gasteiger partial charge < -0.3 is 0 Å². The normalized spacial score (nSPS) is 10.8. The fourth-order valence-electron chi connectivity index (χ4n) is 0.383. The molecule has 0 saturated heterocycles. The molecule has 0 spiro atoms. The molecule has 0 rings (SSSR count). The molecule has 0 unspecified atom stereocenters. The second-order valence-electron chi connectivity index (χ2n) is 1.86. The largest absolute Gasteiger partial charge is 0.418 e. The summed E-state index contributed by atoms with van der Waals surface area (Å²) in [7, 11) is -4.47. The standard InChI is InChI=1S/C5H9NO4S2/c1-2-3-4-5(11)6-10-12(7,8)9/h2H,1,3-4H2,(H,6,11)(H,7,8,9). The SMILES string of the molecule is C=CCCC(=S)NOS(=O)(=O)O. The first-order valence-corrected chi connectivity index (χ1v) is 4.78. The van der Waals surface area contributed by atoms with Crippen molar-refractivity contribution in [3.05, 3.63) is 12.7 Å². The second-order valence-corrected chi connectivity index (χ2v) is 3.38. The zero-order valence-electron chi connectivity index (χ0n) is 6.19. The van der Waals surface area contributed by atoms with Crippen LogP contribution in [0, 0.1) is 0 Å². The van der Waals surface area contributed by atoms with Crippen LogP contribution in [-0.2, 0) is 14.7 Å². The van der Waals surface area contributed by atoms with E-state index in [1.54, 1.807) is 6.08 Å². The Morgan fingerprint density at radius 3 is 2.75 bits per heavy atom. The number of hydrogen-bond acceptors (Lipinski definition) is 4. The van der Waals surface area contributed by atoms with Gasteiger partial charge in [-0.05, 0) is 6.42 Å².